The Hall–Kier alpha value is -0.440. The third-order valence-corrected chi connectivity index (χ3v) is 1.32. The molecular formula is C4H10O6S2. The Labute approximate surface area is 71.4 Å². The summed E-state index contributed by atoms with van der Waals surface area (Å²) in [5, 5.41) is 0. The lowest BCUT2D eigenvalue weighted by Gasteiger charge is -1.86. The normalized spacial score (nSPS) is 11.3. The average molecular weight is 218 g/mol. The standard InChI is InChI=1S/C3H6O3S.CH4O3S/c1-3(2)7(4,5)6;1-5(2,3)4/h1H2,2H3,(H,4,5,6);1H3,(H,2,3,4). The van der Waals surface area contributed by atoms with Crippen LogP contribution in [-0.2, 0) is 20.2 Å². The van der Waals surface area contributed by atoms with Crippen LogP contribution in [0.2, 0.25) is 0 Å². The Morgan fingerprint density at radius 2 is 1.25 bits per heavy atom. The SMILES string of the molecule is C=C(C)S(=O)(=O)O.CS(=O)(=O)O. The van der Waals surface area contributed by atoms with Crippen molar-refractivity contribution in [1.29, 1.82) is 0 Å². The Morgan fingerprint density at radius 1 is 1.17 bits per heavy atom. The molecule has 0 bridgehead atoms. The minimum Gasteiger partial charge on any atom is -0.286 e. The molecule has 0 aliphatic carbocycles. The maximum absolute atomic E-state index is 9.79. The van der Waals surface area contributed by atoms with Crippen LogP contribution in [0.1, 0.15) is 6.92 Å². The molecule has 0 spiro atoms. The average Bonchev–Trinajstić information content (AvgIpc) is 1.55. The molecule has 0 atom stereocenters. The lowest BCUT2D eigenvalue weighted by Crippen LogP contribution is -1.95. The maximum atomic E-state index is 9.79. The molecular weight excluding hydrogens is 208 g/mol. The van der Waals surface area contributed by atoms with E-state index < -0.39 is 20.2 Å². The first-order valence-corrected chi connectivity index (χ1v) is 5.79. The molecule has 0 radical (unpaired) electrons. The van der Waals surface area contributed by atoms with Crippen molar-refractivity contribution in [2.24, 2.45) is 0 Å². The molecule has 8 heteroatoms. The summed E-state index contributed by atoms with van der Waals surface area (Å²) < 4.78 is 53.4. The predicted molar refractivity (Wildman–Crippen MR) is 43.8 cm³/mol. The van der Waals surface area contributed by atoms with Gasteiger partial charge in [-0.2, -0.15) is 16.8 Å². The fourth-order valence-electron chi connectivity index (χ4n) is 0. The van der Waals surface area contributed by atoms with Crippen molar-refractivity contribution in [2.45, 2.75) is 6.92 Å². The van der Waals surface area contributed by atoms with Gasteiger partial charge >= 0.3 is 0 Å². The highest BCUT2D eigenvalue weighted by molar-refractivity contribution is 7.89. The first-order chi connectivity index (χ1) is 4.94. The lowest BCUT2D eigenvalue weighted by atomic mass is 10.8. The van der Waals surface area contributed by atoms with Gasteiger partial charge in [-0.3, -0.25) is 9.11 Å². The van der Waals surface area contributed by atoms with Gasteiger partial charge in [-0.15, -0.1) is 0 Å². The van der Waals surface area contributed by atoms with Gasteiger partial charge in [0.2, 0.25) is 0 Å². The van der Waals surface area contributed by atoms with Crippen LogP contribution in [0.4, 0.5) is 0 Å². The summed E-state index contributed by atoms with van der Waals surface area (Å²) in [7, 11) is -7.60. The van der Waals surface area contributed by atoms with E-state index in [2.05, 4.69) is 6.58 Å². The summed E-state index contributed by atoms with van der Waals surface area (Å²) in [5.41, 5.74) is 0. The second-order valence-electron chi connectivity index (χ2n) is 1.91. The van der Waals surface area contributed by atoms with Crippen molar-refractivity contribution in [3.05, 3.63) is 11.5 Å². The Balaban J connectivity index is 0. The second-order valence-corrected chi connectivity index (χ2v) is 5.02. The molecule has 0 amide bonds. The highest BCUT2D eigenvalue weighted by atomic mass is 32.2. The first kappa shape index (κ1) is 14.1. The van der Waals surface area contributed by atoms with Crippen LogP contribution in [0.15, 0.2) is 11.5 Å². The molecule has 0 aliphatic rings. The first-order valence-electron chi connectivity index (χ1n) is 2.50. The second kappa shape index (κ2) is 4.55. The number of hydrogen-bond donors (Lipinski definition) is 2. The van der Waals surface area contributed by atoms with Crippen LogP contribution in [0.5, 0.6) is 0 Å². The molecule has 74 valence electrons. The molecule has 0 saturated carbocycles. The third kappa shape index (κ3) is 22.7. The summed E-state index contributed by atoms with van der Waals surface area (Å²) in [6.45, 7) is 4.21. The summed E-state index contributed by atoms with van der Waals surface area (Å²) in [5.74, 6) is 0. The van der Waals surface area contributed by atoms with Gasteiger partial charge in [0.25, 0.3) is 20.2 Å². The minimum absolute atomic E-state index is 0.229. The van der Waals surface area contributed by atoms with Crippen molar-refractivity contribution in [1.82, 2.24) is 0 Å². The third-order valence-electron chi connectivity index (χ3n) is 0.440. The van der Waals surface area contributed by atoms with E-state index in [1.54, 1.807) is 0 Å². The molecule has 0 saturated heterocycles. The molecule has 0 aromatic rings. The predicted octanol–water partition coefficient (Wildman–Crippen LogP) is -0.0882. The fourth-order valence-corrected chi connectivity index (χ4v) is 0. The van der Waals surface area contributed by atoms with Crippen LogP contribution < -0.4 is 0 Å². The smallest absolute Gasteiger partial charge is 0.286 e. The maximum Gasteiger partial charge on any atom is 0.289 e. The van der Waals surface area contributed by atoms with Gasteiger partial charge < -0.3 is 0 Å². The van der Waals surface area contributed by atoms with Crippen LogP contribution in [-0.4, -0.2) is 32.2 Å². The van der Waals surface area contributed by atoms with Gasteiger partial charge in [0, 0.05) is 0 Å². The van der Waals surface area contributed by atoms with E-state index in [-0.39, 0.29) is 4.91 Å². The van der Waals surface area contributed by atoms with Crippen molar-refractivity contribution in [3.63, 3.8) is 0 Å². The topological polar surface area (TPSA) is 109 Å². The number of rotatable bonds is 1. The number of hydrogen-bond acceptors (Lipinski definition) is 4. The van der Waals surface area contributed by atoms with E-state index >= 15 is 0 Å². The van der Waals surface area contributed by atoms with Crippen LogP contribution in [0, 0.1) is 0 Å². The highest BCUT2D eigenvalue weighted by Gasteiger charge is 2.01. The van der Waals surface area contributed by atoms with E-state index in [4.69, 9.17) is 9.11 Å². The van der Waals surface area contributed by atoms with Gasteiger partial charge in [0.1, 0.15) is 0 Å². The van der Waals surface area contributed by atoms with Crippen molar-refractivity contribution in [3.8, 4) is 0 Å². The molecule has 0 unspecified atom stereocenters. The minimum atomic E-state index is -3.94. The lowest BCUT2D eigenvalue weighted by molar-refractivity contribution is 0.488. The molecule has 0 aliphatic heterocycles. The van der Waals surface area contributed by atoms with Gasteiger partial charge in [0.15, 0.2) is 0 Å². The van der Waals surface area contributed by atoms with E-state index in [0.29, 0.717) is 6.26 Å². The van der Waals surface area contributed by atoms with Crippen LogP contribution >= 0.6 is 0 Å². The largest absolute Gasteiger partial charge is 0.289 e. The molecule has 0 aromatic heterocycles. The Bertz CT molecular complexity index is 326. The zero-order valence-electron chi connectivity index (χ0n) is 6.55. The van der Waals surface area contributed by atoms with E-state index in [0.717, 1.165) is 0 Å². The van der Waals surface area contributed by atoms with Gasteiger partial charge in [-0.25, -0.2) is 0 Å². The molecule has 12 heavy (non-hydrogen) atoms. The number of allylic oxidation sites excluding steroid dienone is 1. The van der Waals surface area contributed by atoms with Crippen LogP contribution in [0.3, 0.4) is 0 Å². The molecule has 0 heterocycles. The van der Waals surface area contributed by atoms with Gasteiger partial charge in [-0.1, -0.05) is 6.58 Å². The van der Waals surface area contributed by atoms with E-state index in [9.17, 15) is 16.8 Å². The van der Waals surface area contributed by atoms with Crippen molar-refractivity contribution in [2.75, 3.05) is 6.26 Å². The Kier molecular flexibility index (Phi) is 5.35. The van der Waals surface area contributed by atoms with Crippen molar-refractivity contribution < 1.29 is 25.9 Å². The summed E-state index contributed by atoms with van der Waals surface area (Å²) >= 11 is 0. The van der Waals surface area contributed by atoms with Crippen molar-refractivity contribution >= 4 is 20.2 Å². The van der Waals surface area contributed by atoms with Gasteiger partial charge in [0.05, 0.1) is 11.2 Å². The summed E-state index contributed by atoms with van der Waals surface area (Å²) in [4.78, 5) is -0.229. The molecule has 0 rings (SSSR count). The monoisotopic (exact) mass is 218 g/mol. The Morgan fingerprint density at radius 3 is 1.25 bits per heavy atom. The van der Waals surface area contributed by atoms with Gasteiger partial charge in [-0.05, 0) is 6.92 Å². The highest BCUT2D eigenvalue weighted by Crippen LogP contribution is 1.94. The fraction of sp³-hybridized carbons (Fsp3) is 0.500. The van der Waals surface area contributed by atoms with E-state index in [1.807, 2.05) is 0 Å². The zero-order chi connectivity index (χ0) is 10.6. The molecule has 0 fully saturated rings. The quantitative estimate of drug-likeness (QED) is 0.595. The molecule has 2 N–H and O–H groups in total. The molecule has 6 nitrogen and oxygen atoms in total. The summed E-state index contributed by atoms with van der Waals surface area (Å²) in [6, 6.07) is 0. The molecule has 0 aromatic carbocycles. The van der Waals surface area contributed by atoms with E-state index in [1.165, 1.54) is 6.92 Å². The summed E-state index contributed by atoms with van der Waals surface area (Å²) in [6.07, 6.45) is 0.715. The van der Waals surface area contributed by atoms with Crippen LogP contribution in [0.25, 0.3) is 0 Å². The zero-order valence-corrected chi connectivity index (χ0v) is 8.18.